The number of hydrogen-bond acceptors (Lipinski definition) is 2. The number of nitrogens with zero attached hydrogens (tertiary/aromatic N) is 1. The fourth-order valence-electron chi connectivity index (χ4n) is 3.56. The van der Waals surface area contributed by atoms with E-state index in [1.165, 1.54) is 12.1 Å². The number of amides is 2. The molecule has 2 aromatic rings. The Hall–Kier alpha value is -2.69. The third kappa shape index (κ3) is 4.18. The molecule has 1 aliphatic carbocycles. The third-order valence-corrected chi connectivity index (χ3v) is 5.39. The van der Waals surface area contributed by atoms with Gasteiger partial charge in [-0.25, -0.2) is 4.39 Å². The largest absolute Gasteiger partial charge is 0.346 e. The van der Waals surface area contributed by atoms with E-state index in [-0.39, 0.29) is 24.2 Å². The Morgan fingerprint density at radius 2 is 1.74 bits per heavy atom. The second-order valence-corrected chi connectivity index (χ2v) is 7.02. The van der Waals surface area contributed by atoms with Crippen molar-refractivity contribution in [1.82, 2.24) is 10.2 Å². The van der Waals surface area contributed by atoms with E-state index in [4.69, 9.17) is 0 Å². The average Bonchev–Trinajstić information content (AvgIpc) is 2.65. The molecule has 142 valence electrons. The van der Waals surface area contributed by atoms with Gasteiger partial charge in [-0.05, 0) is 43.0 Å². The highest BCUT2D eigenvalue weighted by Gasteiger charge is 2.45. The number of carbonyl (C=O) groups is 2. The van der Waals surface area contributed by atoms with Gasteiger partial charge in [0.2, 0.25) is 11.8 Å². The molecule has 2 amide bonds. The molecule has 0 aliphatic heterocycles. The summed E-state index contributed by atoms with van der Waals surface area (Å²) in [4.78, 5) is 27.1. The monoisotopic (exact) mass is 368 g/mol. The maximum atomic E-state index is 13.2. The average molecular weight is 368 g/mol. The van der Waals surface area contributed by atoms with Crippen molar-refractivity contribution < 1.29 is 14.0 Å². The van der Waals surface area contributed by atoms with Gasteiger partial charge in [-0.1, -0.05) is 48.9 Å². The van der Waals surface area contributed by atoms with Crippen LogP contribution < -0.4 is 5.32 Å². The molecule has 0 unspecified atom stereocenters. The fourth-order valence-corrected chi connectivity index (χ4v) is 3.56. The summed E-state index contributed by atoms with van der Waals surface area (Å²) in [7, 11) is 0. The fraction of sp³-hybridized carbons (Fsp3) is 0.364. The van der Waals surface area contributed by atoms with E-state index in [0.717, 1.165) is 30.4 Å². The SMILES string of the molecule is CCN(Cc1ccccc1)C(=O)CNC(=O)C1(c2ccc(F)cc2)CCC1. The first-order valence-electron chi connectivity index (χ1n) is 9.41. The minimum atomic E-state index is -0.634. The van der Waals surface area contributed by atoms with Crippen LogP contribution >= 0.6 is 0 Å². The molecule has 1 saturated carbocycles. The van der Waals surface area contributed by atoms with Gasteiger partial charge in [0.15, 0.2) is 0 Å². The van der Waals surface area contributed by atoms with E-state index in [0.29, 0.717) is 13.1 Å². The maximum absolute atomic E-state index is 13.2. The topological polar surface area (TPSA) is 49.4 Å². The molecule has 4 nitrogen and oxygen atoms in total. The zero-order valence-electron chi connectivity index (χ0n) is 15.6. The Kier molecular flexibility index (Phi) is 5.89. The van der Waals surface area contributed by atoms with Gasteiger partial charge >= 0.3 is 0 Å². The first kappa shape index (κ1) is 19.1. The van der Waals surface area contributed by atoms with Crippen molar-refractivity contribution in [3.63, 3.8) is 0 Å². The molecule has 1 N–H and O–H groups in total. The van der Waals surface area contributed by atoms with Gasteiger partial charge in [0.05, 0.1) is 12.0 Å². The van der Waals surface area contributed by atoms with Crippen LogP contribution in [0.2, 0.25) is 0 Å². The predicted octanol–water partition coefficient (Wildman–Crippen LogP) is 3.41. The van der Waals surface area contributed by atoms with Gasteiger partial charge in [-0.15, -0.1) is 0 Å². The Labute approximate surface area is 159 Å². The van der Waals surface area contributed by atoms with Gasteiger partial charge in [0.1, 0.15) is 5.82 Å². The summed E-state index contributed by atoms with van der Waals surface area (Å²) in [5.74, 6) is -0.573. The molecular weight excluding hydrogens is 343 g/mol. The van der Waals surface area contributed by atoms with E-state index in [2.05, 4.69) is 5.32 Å². The summed E-state index contributed by atoms with van der Waals surface area (Å²) < 4.78 is 13.2. The van der Waals surface area contributed by atoms with Crippen molar-refractivity contribution in [3.05, 3.63) is 71.5 Å². The molecule has 0 saturated heterocycles. The van der Waals surface area contributed by atoms with Crippen LogP contribution in [-0.4, -0.2) is 29.8 Å². The van der Waals surface area contributed by atoms with Crippen molar-refractivity contribution in [1.29, 1.82) is 0 Å². The number of hydrogen-bond donors (Lipinski definition) is 1. The lowest BCUT2D eigenvalue weighted by atomic mass is 9.64. The molecule has 5 heteroatoms. The minimum absolute atomic E-state index is 0.0253. The molecule has 3 rings (SSSR count). The zero-order valence-corrected chi connectivity index (χ0v) is 15.6. The molecule has 0 bridgehead atoms. The lowest BCUT2D eigenvalue weighted by molar-refractivity contribution is -0.136. The molecule has 0 aromatic heterocycles. The molecule has 1 fully saturated rings. The normalized spacial score (nSPS) is 14.9. The van der Waals surface area contributed by atoms with Gasteiger partial charge in [0, 0.05) is 13.1 Å². The summed E-state index contributed by atoms with van der Waals surface area (Å²) in [5, 5.41) is 2.81. The van der Waals surface area contributed by atoms with Crippen LogP contribution in [0, 0.1) is 5.82 Å². The summed E-state index contributed by atoms with van der Waals surface area (Å²) in [6.07, 6.45) is 2.40. The molecule has 0 radical (unpaired) electrons. The van der Waals surface area contributed by atoms with Crippen molar-refractivity contribution in [2.75, 3.05) is 13.1 Å². The molecule has 1 aliphatic rings. The van der Waals surface area contributed by atoms with Gasteiger partial charge < -0.3 is 10.2 Å². The second-order valence-electron chi connectivity index (χ2n) is 7.02. The lowest BCUT2D eigenvalue weighted by Gasteiger charge is -2.40. The summed E-state index contributed by atoms with van der Waals surface area (Å²) >= 11 is 0. The third-order valence-electron chi connectivity index (χ3n) is 5.39. The number of benzene rings is 2. The number of halogens is 1. The molecule has 2 aromatic carbocycles. The summed E-state index contributed by atoms with van der Waals surface area (Å²) in [6, 6.07) is 15.9. The smallest absolute Gasteiger partial charge is 0.242 e. The highest BCUT2D eigenvalue weighted by molar-refractivity contribution is 5.92. The van der Waals surface area contributed by atoms with Gasteiger partial charge in [0.25, 0.3) is 0 Å². The van der Waals surface area contributed by atoms with Crippen LogP contribution in [0.1, 0.15) is 37.3 Å². The van der Waals surface area contributed by atoms with Crippen LogP contribution in [0.3, 0.4) is 0 Å². The minimum Gasteiger partial charge on any atom is -0.346 e. The molecule has 27 heavy (non-hydrogen) atoms. The highest BCUT2D eigenvalue weighted by atomic mass is 19.1. The lowest BCUT2D eigenvalue weighted by Crippen LogP contribution is -2.51. The van der Waals surface area contributed by atoms with Crippen LogP contribution in [0.15, 0.2) is 54.6 Å². The molecule has 0 heterocycles. The first-order valence-corrected chi connectivity index (χ1v) is 9.41. The van der Waals surface area contributed by atoms with Crippen LogP contribution in [-0.2, 0) is 21.5 Å². The number of rotatable bonds is 7. The Bertz CT molecular complexity index is 786. The van der Waals surface area contributed by atoms with Crippen LogP contribution in [0.5, 0.6) is 0 Å². The van der Waals surface area contributed by atoms with Crippen molar-refractivity contribution in [2.45, 2.75) is 38.1 Å². The van der Waals surface area contributed by atoms with E-state index in [9.17, 15) is 14.0 Å². The van der Waals surface area contributed by atoms with Gasteiger partial charge in [-0.2, -0.15) is 0 Å². The number of nitrogens with one attached hydrogen (secondary N) is 1. The van der Waals surface area contributed by atoms with Crippen LogP contribution in [0.25, 0.3) is 0 Å². The second kappa shape index (κ2) is 8.33. The molecule has 0 spiro atoms. The number of likely N-dealkylation sites (N-methyl/N-ethyl adjacent to an activating group) is 1. The van der Waals surface area contributed by atoms with E-state index in [1.54, 1.807) is 17.0 Å². The highest BCUT2D eigenvalue weighted by Crippen LogP contribution is 2.43. The van der Waals surface area contributed by atoms with Crippen molar-refractivity contribution in [3.8, 4) is 0 Å². The van der Waals surface area contributed by atoms with Crippen molar-refractivity contribution >= 4 is 11.8 Å². The summed E-state index contributed by atoms with van der Waals surface area (Å²) in [6.45, 7) is 3.00. The van der Waals surface area contributed by atoms with Crippen molar-refractivity contribution in [2.24, 2.45) is 0 Å². The zero-order chi connectivity index (χ0) is 19.3. The van der Waals surface area contributed by atoms with E-state index < -0.39 is 5.41 Å². The van der Waals surface area contributed by atoms with Crippen LogP contribution in [0.4, 0.5) is 4.39 Å². The predicted molar refractivity (Wildman–Crippen MR) is 102 cm³/mol. The van der Waals surface area contributed by atoms with E-state index >= 15 is 0 Å². The summed E-state index contributed by atoms with van der Waals surface area (Å²) in [5.41, 5.74) is 1.24. The van der Waals surface area contributed by atoms with E-state index in [1.807, 2.05) is 37.3 Å². The van der Waals surface area contributed by atoms with Gasteiger partial charge in [-0.3, -0.25) is 9.59 Å². The Morgan fingerprint density at radius 1 is 1.07 bits per heavy atom. The Morgan fingerprint density at radius 3 is 2.30 bits per heavy atom. The molecule has 0 atom stereocenters. The molecular formula is C22H25FN2O2. The maximum Gasteiger partial charge on any atom is 0.242 e. The Balaban J connectivity index is 1.61. The quantitative estimate of drug-likeness (QED) is 0.814. The first-order chi connectivity index (χ1) is 13.0. The number of carbonyl (C=O) groups excluding carboxylic acids is 2. The standard InChI is InChI=1S/C22H25FN2O2/c1-2-25(16-17-7-4-3-5-8-17)20(26)15-24-21(27)22(13-6-14-22)18-9-11-19(23)12-10-18/h3-5,7-12H,2,6,13-16H2,1H3,(H,24,27).